The van der Waals surface area contributed by atoms with Crippen molar-refractivity contribution in [2.24, 2.45) is 5.73 Å². The number of hydrogen-bond donors (Lipinski definition) is 2. The van der Waals surface area contributed by atoms with E-state index in [-0.39, 0.29) is 11.4 Å². The molecule has 2 fully saturated rings. The van der Waals surface area contributed by atoms with Gasteiger partial charge in [0.05, 0.1) is 5.54 Å². The highest BCUT2D eigenvalue weighted by atomic mass is 16.2. The Morgan fingerprint density at radius 1 is 1.20 bits per heavy atom. The summed E-state index contributed by atoms with van der Waals surface area (Å²) in [6, 6.07) is 0. The van der Waals surface area contributed by atoms with Gasteiger partial charge >= 0.3 is 0 Å². The first-order valence-corrected chi connectivity index (χ1v) is 7.84. The number of hydrogen-bond acceptors (Lipinski definition) is 4. The molecule has 116 valence electrons. The fourth-order valence-corrected chi connectivity index (χ4v) is 3.23. The van der Waals surface area contributed by atoms with Crippen LogP contribution in [0.25, 0.3) is 0 Å². The van der Waals surface area contributed by atoms with E-state index in [1.165, 1.54) is 0 Å². The van der Waals surface area contributed by atoms with E-state index in [9.17, 15) is 4.79 Å². The standard InChI is InChI=1S/C15H30N4O/c1-14(2,19-10-8-18(3)9-11-19)12-17-13(20)15(16)6-4-5-7-15/h4-12,16H2,1-3H3,(H,17,20). The van der Waals surface area contributed by atoms with Crippen LogP contribution in [0.15, 0.2) is 0 Å². The van der Waals surface area contributed by atoms with Crippen molar-refractivity contribution in [3.63, 3.8) is 0 Å². The van der Waals surface area contributed by atoms with Gasteiger partial charge in [0.15, 0.2) is 0 Å². The Hall–Kier alpha value is -0.650. The van der Waals surface area contributed by atoms with Gasteiger partial charge < -0.3 is 16.0 Å². The maximum absolute atomic E-state index is 12.3. The van der Waals surface area contributed by atoms with E-state index in [1.54, 1.807) is 0 Å². The Balaban J connectivity index is 1.84. The van der Waals surface area contributed by atoms with Crippen LogP contribution in [0.4, 0.5) is 0 Å². The number of nitrogens with one attached hydrogen (secondary N) is 1. The molecule has 1 aliphatic heterocycles. The molecule has 2 aliphatic rings. The molecule has 0 unspecified atom stereocenters. The lowest BCUT2D eigenvalue weighted by molar-refractivity contribution is -0.126. The zero-order valence-electron chi connectivity index (χ0n) is 13.2. The van der Waals surface area contributed by atoms with Crippen LogP contribution in [-0.4, -0.2) is 66.6 Å². The lowest BCUT2D eigenvalue weighted by Gasteiger charge is -2.43. The zero-order chi connectivity index (χ0) is 14.8. The number of amides is 1. The van der Waals surface area contributed by atoms with Gasteiger partial charge in [-0.1, -0.05) is 12.8 Å². The van der Waals surface area contributed by atoms with Crippen LogP contribution in [0.1, 0.15) is 39.5 Å². The maximum atomic E-state index is 12.3. The van der Waals surface area contributed by atoms with Gasteiger partial charge in [-0.3, -0.25) is 9.69 Å². The molecule has 5 nitrogen and oxygen atoms in total. The van der Waals surface area contributed by atoms with Crippen molar-refractivity contribution in [2.45, 2.75) is 50.6 Å². The Morgan fingerprint density at radius 2 is 1.75 bits per heavy atom. The van der Waals surface area contributed by atoms with Crippen molar-refractivity contribution in [2.75, 3.05) is 39.8 Å². The topological polar surface area (TPSA) is 61.6 Å². The molecular formula is C15H30N4O. The van der Waals surface area contributed by atoms with Crippen molar-refractivity contribution < 1.29 is 4.79 Å². The second-order valence-corrected chi connectivity index (χ2v) is 7.15. The Morgan fingerprint density at radius 3 is 2.30 bits per heavy atom. The van der Waals surface area contributed by atoms with E-state index in [4.69, 9.17) is 5.73 Å². The minimum atomic E-state index is -0.613. The van der Waals surface area contributed by atoms with Crippen LogP contribution in [0.5, 0.6) is 0 Å². The average Bonchev–Trinajstić information content (AvgIpc) is 2.85. The van der Waals surface area contributed by atoms with Gasteiger partial charge in [-0.15, -0.1) is 0 Å². The molecular weight excluding hydrogens is 252 g/mol. The first-order valence-electron chi connectivity index (χ1n) is 7.84. The molecule has 0 aromatic rings. The quantitative estimate of drug-likeness (QED) is 0.783. The number of carbonyl (C=O) groups excluding carboxylic acids is 1. The largest absolute Gasteiger partial charge is 0.353 e. The van der Waals surface area contributed by atoms with Crippen LogP contribution in [0.3, 0.4) is 0 Å². The molecule has 0 aromatic heterocycles. The number of nitrogens with two attached hydrogens (primary N) is 1. The lowest BCUT2D eigenvalue weighted by Crippen LogP contribution is -2.60. The molecule has 1 saturated carbocycles. The highest BCUT2D eigenvalue weighted by Crippen LogP contribution is 2.27. The number of piperazine rings is 1. The Kier molecular flexibility index (Phi) is 4.72. The average molecular weight is 282 g/mol. The summed E-state index contributed by atoms with van der Waals surface area (Å²) >= 11 is 0. The molecule has 3 N–H and O–H groups in total. The van der Waals surface area contributed by atoms with Gasteiger partial charge in [0, 0.05) is 38.3 Å². The number of carbonyl (C=O) groups is 1. The summed E-state index contributed by atoms with van der Waals surface area (Å²) in [5.74, 6) is 0.0391. The predicted molar refractivity (Wildman–Crippen MR) is 81.5 cm³/mol. The summed E-state index contributed by atoms with van der Waals surface area (Å²) < 4.78 is 0. The zero-order valence-corrected chi connectivity index (χ0v) is 13.2. The van der Waals surface area contributed by atoms with Crippen LogP contribution in [0, 0.1) is 0 Å². The summed E-state index contributed by atoms with van der Waals surface area (Å²) in [4.78, 5) is 17.1. The normalized spacial score (nSPS) is 24.8. The maximum Gasteiger partial charge on any atom is 0.240 e. The molecule has 0 atom stereocenters. The minimum Gasteiger partial charge on any atom is -0.353 e. The molecule has 1 aliphatic carbocycles. The van der Waals surface area contributed by atoms with Crippen molar-refractivity contribution in [3.05, 3.63) is 0 Å². The molecule has 1 saturated heterocycles. The summed E-state index contributed by atoms with van der Waals surface area (Å²) in [6.07, 6.45) is 3.80. The molecule has 0 aromatic carbocycles. The second kappa shape index (κ2) is 6.00. The fourth-order valence-electron chi connectivity index (χ4n) is 3.23. The molecule has 5 heteroatoms. The van der Waals surface area contributed by atoms with Crippen LogP contribution in [0.2, 0.25) is 0 Å². The number of nitrogens with zero attached hydrogens (tertiary/aromatic N) is 2. The summed E-state index contributed by atoms with van der Waals surface area (Å²) in [5, 5.41) is 3.09. The third-order valence-corrected chi connectivity index (χ3v) is 4.99. The highest BCUT2D eigenvalue weighted by Gasteiger charge is 2.38. The smallest absolute Gasteiger partial charge is 0.240 e. The summed E-state index contributed by atoms with van der Waals surface area (Å²) in [5.41, 5.74) is 5.58. The molecule has 2 rings (SSSR count). The number of likely N-dealkylation sites (N-methyl/N-ethyl adjacent to an activating group) is 1. The van der Waals surface area contributed by atoms with Crippen LogP contribution < -0.4 is 11.1 Å². The molecule has 0 bridgehead atoms. The molecule has 1 amide bonds. The van der Waals surface area contributed by atoms with E-state index in [2.05, 4.69) is 36.0 Å². The van der Waals surface area contributed by atoms with Crippen LogP contribution >= 0.6 is 0 Å². The van der Waals surface area contributed by atoms with E-state index in [0.717, 1.165) is 51.9 Å². The van der Waals surface area contributed by atoms with Crippen molar-refractivity contribution in [3.8, 4) is 0 Å². The van der Waals surface area contributed by atoms with Gasteiger partial charge in [-0.2, -0.15) is 0 Å². The van der Waals surface area contributed by atoms with E-state index < -0.39 is 5.54 Å². The highest BCUT2D eigenvalue weighted by molar-refractivity contribution is 5.86. The van der Waals surface area contributed by atoms with Gasteiger partial charge in [-0.05, 0) is 33.7 Å². The molecule has 0 radical (unpaired) electrons. The van der Waals surface area contributed by atoms with E-state index in [1.807, 2.05) is 0 Å². The van der Waals surface area contributed by atoms with Crippen molar-refractivity contribution in [1.82, 2.24) is 15.1 Å². The second-order valence-electron chi connectivity index (χ2n) is 7.15. The van der Waals surface area contributed by atoms with Gasteiger partial charge in [0.2, 0.25) is 5.91 Å². The third-order valence-electron chi connectivity index (χ3n) is 4.99. The Labute approximate surface area is 122 Å². The molecule has 1 heterocycles. The number of rotatable bonds is 4. The van der Waals surface area contributed by atoms with Gasteiger partial charge in [0.25, 0.3) is 0 Å². The molecule has 20 heavy (non-hydrogen) atoms. The van der Waals surface area contributed by atoms with Gasteiger partial charge in [-0.25, -0.2) is 0 Å². The first kappa shape index (κ1) is 15.7. The summed E-state index contributed by atoms with van der Waals surface area (Å²) in [7, 11) is 2.16. The van der Waals surface area contributed by atoms with Gasteiger partial charge in [0.1, 0.15) is 0 Å². The third kappa shape index (κ3) is 3.51. The molecule has 0 spiro atoms. The summed E-state index contributed by atoms with van der Waals surface area (Å²) in [6.45, 7) is 9.40. The Bertz CT molecular complexity index is 342. The van der Waals surface area contributed by atoms with E-state index in [0.29, 0.717) is 6.54 Å². The lowest BCUT2D eigenvalue weighted by atomic mass is 9.96. The fraction of sp³-hybridized carbons (Fsp3) is 0.933. The van der Waals surface area contributed by atoms with Crippen molar-refractivity contribution >= 4 is 5.91 Å². The van der Waals surface area contributed by atoms with E-state index >= 15 is 0 Å². The van der Waals surface area contributed by atoms with Crippen molar-refractivity contribution in [1.29, 1.82) is 0 Å². The predicted octanol–water partition coefficient (Wildman–Crippen LogP) is 0.400. The SMILES string of the molecule is CN1CCN(C(C)(C)CNC(=O)C2(N)CCCC2)CC1. The monoisotopic (exact) mass is 282 g/mol. The first-order chi connectivity index (χ1) is 9.33. The van der Waals surface area contributed by atoms with Crippen LogP contribution in [-0.2, 0) is 4.79 Å². The minimum absolute atomic E-state index is 0.00805.